The average Bonchev–Trinajstić information content (AvgIpc) is 3.31. The third kappa shape index (κ3) is 3.69. The Labute approximate surface area is 139 Å². The van der Waals surface area contributed by atoms with Crippen LogP contribution in [0.25, 0.3) is 0 Å². The molecule has 1 aromatic carbocycles. The lowest BCUT2D eigenvalue weighted by atomic mass is 9.97. The van der Waals surface area contributed by atoms with Gasteiger partial charge in [-0.1, -0.05) is 6.07 Å². The molecule has 3 N–H and O–H groups in total. The Morgan fingerprint density at radius 3 is 2.70 bits per heavy atom. The van der Waals surface area contributed by atoms with E-state index in [4.69, 9.17) is 5.73 Å². The standard InChI is InChI=1S/C19H28N4/c20-19(22-17-5-4-15-2-1-3-16(15)12-17)21-13-14-8-10-23(11-9-14)18-6-7-18/h4-5,12,14,18H,1-3,6-11,13H2,(H3,20,21,22). The third-order valence-electron chi connectivity index (χ3n) is 5.60. The van der Waals surface area contributed by atoms with Crippen molar-refractivity contribution in [3.05, 3.63) is 29.3 Å². The van der Waals surface area contributed by atoms with Crippen LogP contribution in [0.2, 0.25) is 0 Å². The summed E-state index contributed by atoms with van der Waals surface area (Å²) in [6.45, 7) is 3.37. The number of likely N-dealkylation sites (tertiary alicyclic amines) is 1. The molecule has 2 fully saturated rings. The molecule has 0 aromatic heterocycles. The fourth-order valence-corrected chi connectivity index (χ4v) is 4.00. The lowest BCUT2D eigenvalue weighted by Crippen LogP contribution is -2.36. The van der Waals surface area contributed by atoms with E-state index in [1.807, 2.05) is 0 Å². The molecule has 1 aliphatic heterocycles. The van der Waals surface area contributed by atoms with Gasteiger partial charge in [0.1, 0.15) is 0 Å². The van der Waals surface area contributed by atoms with Crippen LogP contribution in [0.15, 0.2) is 23.2 Å². The Morgan fingerprint density at radius 2 is 1.91 bits per heavy atom. The second kappa shape index (κ2) is 6.52. The normalized spacial score (nSPS) is 23.0. The molecular weight excluding hydrogens is 284 g/mol. The molecule has 0 unspecified atom stereocenters. The molecule has 0 radical (unpaired) electrons. The number of benzene rings is 1. The number of guanidine groups is 1. The van der Waals surface area contributed by atoms with E-state index in [-0.39, 0.29) is 0 Å². The summed E-state index contributed by atoms with van der Waals surface area (Å²) in [6.07, 6.45) is 9.07. The molecule has 4 rings (SSSR count). The van der Waals surface area contributed by atoms with Crippen LogP contribution in [0.4, 0.5) is 5.69 Å². The van der Waals surface area contributed by atoms with Gasteiger partial charge in [0.2, 0.25) is 0 Å². The summed E-state index contributed by atoms with van der Waals surface area (Å²) in [5, 5.41) is 3.27. The minimum atomic E-state index is 0.563. The van der Waals surface area contributed by atoms with Crippen LogP contribution in [0.1, 0.15) is 43.2 Å². The predicted octanol–water partition coefficient (Wildman–Crippen LogP) is 2.78. The van der Waals surface area contributed by atoms with Crippen molar-refractivity contribution < 1.29 is 0 Å². The van der Waals surface area contributed by atoms with Gasteiger partial charge in [0.15, 0.2) is 5.96 Å². The summed E-state index contributed by atoms with van der Waals surface area (Å²) in [5.41, 5.74) is 10.1. The van der Waals surface area contributed by atoms with Gasteiger partial charge >= 0.3 is 0 Å². The van der Waals surface area contributed by atoms with Crippen molar-refractivity contribution in [3.63, 3.8) is 0 Å². The van der Waals surface area contributed by atoms with E-state index in [0.29, 0.717) is 11.9 Å². The summed E-state index contributed by atoms with van der Waals surface area (Å²) >= 11 is 0. The third-order valence-corrected chi connectivity index (χ3v) is 5.60. The average molecular weight is 312 g/mol. The van der Waals surface area contributed by atoms with Gasteiger partial charge in [0.05, 0.1) is 0 Å². The number of fused-ring (bicyclic) bond motifs is 1. The number of nitrogens with two attached hydrogens (primary N) is 1. The van der Waals surface area contributed by atoms with Crippen molar-refractivity contribution in [1.82, 2.24) is 4.90 Å². The number of aryl methyl sites for hydroxylation is 2. The van der Waals surface area contributed by atoms with E-state index in [1.165, 1.54) is 69.2 Å². The van der Waals surface area contributed by atoms with E-state index >= 15 is 0 Å². The van der Waals surface area contributed by atoms with Gasteiger partial charge in [-0.15, -0.1) is 0 Å². The quantitative estimate of drug-likeness (QED) is 0.664. The maximum Gasteiger partial charge on any atom is 0.193 e. The smallest absolute Gasteiger partial charge is 0.193 e. The highest BCUT2D eigenvalue weighted by Crippen LogP contribution is 2.30. The van der Waals surface area contributed by atoms with Gasteiger partial charge in [-0.3, -0.25) is 4.99 Å². The van der Waals surface area contributed by atoms with Gasteiger partial charge in [0.25, 0.3) is 0 Å². The minimum Gasteiger partial charge on any atom is -0.370 e. The molecular formula is C19H28N4. The highest BCUT2D eigenvalue weighted by molar-refractivity contribution is 5.92. The van der Waals surface area contributed by atoms with Crippen LogP contribution >= 0.6 is 0 Å². The van der Waals surface area contributed by atoms with Crippen LogP contribution in [-0.4, -0.2) is 36.5 Å². The van der Waals surface area contributed by atoms with Crippen LogP contribution in [0.5, 0.6) is 0 Å². The highest BCUT2D eigenvalue weighted by Gasteiger charge is 2.31. The molecule has 23 heavy (non-hydrogen) atoms. The molecule has 1 aromatic rings. The molecule has 0 bridgehead atoms. The first-order valence-corrected chi connectivity index (χ1v) is 9.21. The van der Waals surface area contributed by atoms with Crippen molar-refractivity contribution in [2.75, 3.05) is 25.0 Å². The monoisotopic (exact) mass is 312 g/mol. The predicted molar refractivity (Wildman–Crippen MR) is 95.9 cm³/mol. The molecule has 0 atom stereocenters. The summed E-state index contributed by atoms with van der Waals surface area (Å²) in [6, 6.07) is 7.50. The zero-order valence-electron chi connectivity index (χ0n) is 13.9. The van der Waals surface area contributed by atoms with Gasteiger partial charge < -0.3 is 16.0 Å². The first-order valence-electron chi connectivity index (χ1n) is 9.21. The van der Waals surface area contributed by atoms with Gasteiger partial charge in [-0.05, 0) is 87.2 Å². The molecule has 4 nitrogen and oxygen atoms in total. The lowest BCUT2D eigenvalue weighted by Gasteiger charge is -2.31. The molecule has 3 aliphatic rings. The highest BCUT2D eigenvalue weighted by atomic mass is 15.2. The van der Waals surface area contributed by atoms with Gasteiger partial charge in [-0.25, -0.2) is 0 Å². The van der Waals surface area contributed by atoms with E-state index in [9.17, 15) is 0 Å². The Bertz CT molecular complexity index is 583. The van der Waals surface area contributed by atoms with Crippen molar-refractivity contribution in [2.24, 2.45) is 16.6 Å². The van der Waals surface area contributed by atoms with Crippen molar-refractivity contribution in [2.45, 2.75) is 51.0 Å². The number of aliphatic imine (C=N–C) groups is 1. The second-order valence-corrected chi connectivity index (χ2v) is 7.40. The molecule has 1 saturated heterocycles. The van der Waals surface area contributed by atoms with Gasteiger partial charge in [0, 0.05) is 18.3 Å². The SMILES string of the molecule is NC(=NCC1CCN(C2CC2)CC1)Nc1ccc2c(c1)CCC2. The maximum atomic E-state index is 6.08. The van der Waals surface area contributed by atoms with Crippen molar-refractivity contribution in [1.29, 1.82) is 0 Å². The van der Waals surface area contributed by atoms with E-state index < -0.39 is 0 Å². The van der Waals surface area contributed by atoms with Crippen molar-refractivity contribution in [3.8, 4) is 0 Å². The number of hydrogen-bond donors (Lipinski definition) is 2. The van der Waals surface area contributed by atoms with Crippen molar-refractivity contribution >= 4 is 11.6 Å². The van der Waals surface area contributed by atoms with Crippen LogP contribution < -0.4 is 11.1 Å². The van der Waals surface area contributed by atoms with E-state index in [2.05, 4.69) is 33.4 Å². The van der Waals surface area contributed by atoms with E-state index in [0.717, 1.165) is 18.3 Å². The zero-order chi connectivity index (χ0) is 15.6. The second-order valence-electron chi connectivity index (χ2n) is 7.40. The number of anilines is 1. The zero-order valence-corrected chi connectivity index (χ0v) is 13.9. The Kier molecular flexibility index (Phi) is 4.25. The topological polar surface area (TPSA) is 53.6 Å². The molecule has 1 heterocycles. The fourth-order valence-electron chi connectivity index (χ4n) is 4.00. The number of hydrogen-bond acceptors (Lipinski definition) is 2. The molecule has 1 saturated carbocycles. The Hall–Kier alpha value is -1.55. The van der Waals surface area contributed by atoms with Crippen LogP contribution in [-0.2, 0) is 12.8 Å². The summed E-state index contributed by atoms with van der Waals surface area (Å²) < 4.78 is 0. The number of rotatable bonds is 4. The number of piperidine rings is 1. The fraction of sp³-hybridized carbons (Fsp3) is 0.632. The van der Waals surface area contributed by atoms with Crippen LogP contribution in [0.3, 0.4) is 0 Å². The summed E-state index contributed by atoms with van der Waals surface area (Å²) in [7, 11) is 0. The van der Waals surface area contributed by atoms with Gasteiger partial charge in [-0.2, -0.15) is 0 Å². The lowest BCUT2D eigenvalue weighted by molar-refractivity contribution is 0.179. The first-order chi connectivity index (χ1) is 11.3. The largest absolute Gasteiger partial charge is 0.370 e. The van der Waals surface area contributed by atoms with Crippen LogP contribution in [0, 0.1) is 5.92 Å². The molecule has 4 heteroatoms. The molecule has 2 aliphatic carbocycles. The first kappa shape index (κ1) is 15.0. The molecule has 0 amide bonds. The minimum absolute atomic E-state index is 0.563. The van der Waals surface area contributed by atoms with E-state index in [1.54, 1.807) is 0 Å². The summed E-state index contributed by atoms with van der Waals surface area (Å²) in [4.78, 5) is 7.25. The number of nitrogens with zero attached hydrogens (tertiary/aromatic N) is 2. The summed E-state index contributed by atoms with van der Waals surface area (Å²) in [5.74, 6) is 1.26. The maximum absolute atomic E-state index is 6.08. The number of nitrogens with one attached hydrogen (secondary N) is 1. The molecule has 124 valence electrons. The Balaban J connectivity index is 1.27. The Morgan fingerprint density at radius 1 is 1.13 bits per heavy atom. The molecule has 0 spiro atoms.